The van der Waals surface area contributed by atoms with E-state index in [2.05, 4.69) is 55.5 Å². The third kappa shape index (κ3) is 11.9. The average molecular weight is 973 g/mol. The van der Waals surface area contributed by atoms with Gasteiger partial charge in [0.25, 0.3) is 21.6 Å². The molecule has 368 valence electrons. The highest BCUT2D eigenvalue weighted by Crippen LogP contribution is 2.45. The SMILES string of the molecule is CCN1CCOC(CCCNc2ccc(S(=O)(=O)NC(=O)c3ccc(N4CCN(CC5=C(c6ccc(C(F)(F)F)cc6C)CC(C)(C)CC5)CC4)cc3Oc3cnc4[nH]ccc4c3)cc2[N+](=O)[O-])C1. The lowest BCUT2D eigenvalue weighted by Crippen LogP contribution is -2.47. The number of pyridine rings is 1. The minimum absolute atomic E-state index is 0.00914. The number of fused-ring (bicyclic) bond motifs is 1. The van der Waals surface area contributed by atoms with Crippen LogP contribution in [0.5, 0.6) is 11.5 Å². The van der Waals surface area contributed by atoms with E-state index in [1.54, 1.807) is 37.4 Å². The van der Waals surface area contributed by atoms with E-state index in [4.69, 9.17) is 9.47 Å². The monoisotopic (exact) mass is 972 g/mol. The third-order valence-electron chi connectivity index (χ3n) is 13.4. The summed E-state index contributed by atoms with van der Waals surface area (Å²) < 4.78 is 82.5. The molecule has 1 amide bonds. The minimum Gasteiger partial charge on any atom is -0.455 e. The van der Waals surface area contributed by atoms with Crippen molar-refractivity contribution in [2.75, 3.05) is 75.7 Å². The molecule has 0 spiro atoms. The Morgan fingerprint density at radius 1 is 1.03 bits per heavy atom. The highest BCUT2D eigenvalue weighted by molar-refractivity contribution is 7.90. The highest BCUT2D eigenvalue weighted by atomic mass is 32.2. The van der Waals surface area contributed by atoms with E-state index < -0.39 is 43.2 Å². The van der Waals surface area contributed by atoms with Crippen molar-refractivity contribution >= 4 is 49.6 Å². The van der Waals surface area contributed by atoms with Crippen molar-refractivity contribution in [3.8, 4) is 11.5 Å². The van der Waals surface area contributed by atoms with Crippen LogP contribution >= 0.6 is 0 Å². The quantitative estimate of drug-likeness (QED) is 0.0486. The van der Waals surface area contributed by atoms with Gasteiger partial charge >= 0.3 is 6.18 Å². The van der Waals surface area contributed by atoms with Crippen LogP contribution in [0.4, 0.5) is 30.2 Å². The van der Waals surface area contributed by atoms with Gasteiger partial charge in [-0.05, 0) is 116 Å². The number of nitrogens with zero attached hydrogens (tertiary/aromatic N) is 5. The largest absolute Gasteiger partial charge is 0.455 e. The number of halogens is 3. The first-order valence-electron chi connectivity index (χ1n) is 23.4. The first-order chi connectivity index (χ1) is 32.9. The number of anilines is 2. The number of aromatic amines is 1. The van der Waals surface area contributed by atoms with E-state index in [9.17, 15) is 36.5 Å². The zero-order valence-electron chi connectivity index (χ0n) is 39.3. The van der Waals surface area contributed by atoms with Crippen molar-refractivity contribution in [3.63, 3.8) is 0 Å². The van der Waals surface area contributed by atoms with E-state index in [1.807, 2.05) is 6.07 Å². The minimum atomic E-state index is -4.62. The van der Waals surface area contributed by atoms with Crippen molar-refractivity contribution in [2.24, 2.45) is 5.41 Å². The van der Waals surface area contributed by atoms with Gasteiger partial charge in [0, 0.05) is 81.8 Å². The summed E-state index contributed by atoms with van der Waals surface area (Å²) in [5.74, 6) is -0.634. The van der Waals surface area contributed by atoms with Gasteiger partial charge in [0.05, 0.1) is 39.9 Å². The lowest BCUT2D eigenvalue weighted by Gasteiger charge is -2.39. The molecule has 1 atom stereocenters. The number of piperazine rings is 1. The van der Waals surface area contributed by atoms with Gasteiger partial charge in [0.2, 0.25) is 0 Å². The predicted octanol–water partition coefficient (Wildman–Crippen LogP) is 9.41. The molecule has 15 nitrogen and oxygen atoms in total. The molecule has 2 fully saturated rings. The summed E-state index contributed by atoms with van der Waals surface area (Å²) >= 11 is 0. The molecule has 2 aromatic heterocycles. The van der Waals surface area contributed by atoms with Crippen LogP contribution in [-0.4, -0.2) is 111 Å². The fraction of sp³-hybridized carbons (Fsp3) is 0.440. The van der Waals surface area contributed by atoms with Gasteiger partial charge in [-0.3, -0.25) is 24.7 Å². The number of benzene rings is 3. The molecule has 3 N–H and O–H groups in total. The molecule has 3 aliphatic rings. The van der Waals surface area contributed by atoms with Crippen molar-refractivity contribution < 1.29 is 40.8 Å². The number of morpholine rings is 1. The number of sulfonamides is 1. The molecule has 2 saturated heterocycles. The highest BCUT2D eigenvalue weighted by Gasteiger charge is 2.34. The van der Waals surface area contributed by atoms with Crippen LogP contribution in [0.3, 0.4) is 0 Å². The van der Waals surface area contributed by atoms with Gasteiger partial charge in [-0.2, -0.15) is 13.2 Å². The number of ether oxygens (including phenoxy) is 2. The number of aryl methyl sites for hydroxylation is 1. The summed E-state index contributed by atoms with van der Waals surface area (Å²) in [6.07, 6.45) is 2.90. The Balaban J connectivity index is 0.975. The maximum Gasteiger partial charge on any atom is 0.416 e. The number of nitro benzene ring substituents is 1. The number of carbonyl (C=O) groups is 1. The number of nitrogens with one attached hydrogen (secondary N) is 3. The van der Waals surface area contributed by atoms with Crippen LogP contribution in [0.15, 0.2) is 89.6 Å². The number of likely N-dealkylation sites (N-methyl/N-ethyl adjacent to an activating group) is 1. The summed E-state index contributed by atoms with van der Waals surface area (Å²) in [6.45, 7) is 15.2. The Hall–Kier alpha value is -6.02. The predicted molar refractivity (Wildman–Crippen MR) is 259 cm³/mol. The number of nitro groups is 1. The number of rotatable bonds is 16. The second kappa shape index (κ2) is 20.5. The van der Waals surface area contributed by atoms with Crippen LogP contribution in [0, 0.1) is 22.5 Å². The Morgan fingerprint density at radius 3 is 2.57 bits per heavy atom. The van der Waals surface area contributed by atoms with Crippen LogP contribution in [-0.2, 0) is 20.9 Å². The summed E-state index contributed by atoms with van der Waals surface area (Å²) in [7, 11) is -4.62. The summed E-state index contributed by atoms with van der Waals surface area (Å²) in [6, 6.07) is 16.0. The molecule has 0 bridgehead atoms. The zero-order valence-corrected chi connectivity index (χ0v) is 40.1. The van der Waals surface area contributed by atoms with Gasteiger partial charge in [-0.25, -0.2) is 18.1 Å². The first-order valence-corrected chi connectivity index (χ1v) is 24.9. The first kappa shape index (κ1) is 49.4. The molecule has 0 saturated carbocycles. The Morgan fingerprint density at radius 2 is 1.83 bits per heavy atom. The Bertz CT molecular complexity index is 2840. The molecule has 19 heteroatoms. The van der Waals surface area contributed by atoms with Gasteiger partial charge < -0.3 is 24.7 Å². The van der Waals surface area contributed by atoms with E-state index >= 15 is 0 Å². The number of hydrogen-bond donors (Lipinski definition) is 3. The lowest BCUT2D eigenvalue weighted by molar-refractivity contribution is -0.384. The van der Waals surface area contributed by atoms with Crippen molar-refractivity contribution in [1.29, 1.82) is 0 Å². The summed E-state index contributed by atoms with van der Waals surface area (Å²) in [5.41, 5.74) is 4.15. The molecule has 5 aromatic rings. The molecule has 2 aliphatic heterocycles. The normalized spacial score (nSPS) is 18.4. The molecule has 8 rings (SSSR count). The van der Waals surface area contributed by atoms with E-state index in [1.165, 1.54) is 42.1 Å². The number of alkyl halides is 3. The van der Waals surface area contributed by atoms with Gasteiger partial charge in [0.1, 0.15) is 22.8 Å². The van der Waals surface area contributed by atoms with Crippen LogP contribution in [0.2, 0.25) is 0 Å². The van der Waals surface area contributed by atoms with Crippen molar-refractivity contribution in [2.45, 2.75) is 77.0 Å². The maximum absolute atomic E-state index is 14.0. The van der Waals surface area contributed by atoms with E-state index in [0.29, 0.717) is 69.3 Å². The molecular formula is C50H59F3N8O7S. The standard InChI is InChI=1S/C50H59F3N8O7S/c1-5-58-23-24-67-38(32-58)7-6-17-54-44-13-10-40(28-45(44)61(63)64)69(65,66)57-48(62)42-12-9-37(27-46(42)68-39-26-34-15-18-55-47(34)56-30-39)60-21-19-59(20-22-60)31-35-14-16-49(3,4)29-43(35)41-11-8-36(25-33(41)2)50(51,52)53/h8-13,15,18,25-28,30,38,54H,5-7,14,16-17,19-24,29,31-32H2,1-4H3,(H,55,56)(H,57,62). The maximum atomic E-state index is 14.0. The number of H-pyrrole nitrogens is 1. The molecule has 1 aliphatic carbocycles. The molecule has 3 aromatic carbocycles. The second-order valence-corrected chi connectivity index (χ2v) is 20.6. The van der Waals surface area contributed by atoms with Crippen LogP contribution < -0.4 is 19.7 Å². The Labute approximate surface area is 400 Å². The topological polar surface area (TPSA) is 175 Å². The number of carbonyl (C=O) groups excluding carboxylic acids is 1. The smallest absolute Gasteiger partial charge is 0.416 e. The molecule has 0 radical (unpaired) electrons. The molecule has 1 unspecified atom stereocenters. The van der Waals surface area contributed by atoms with Gasteiger partial charge in [0.15, 0.2) is 0 Å². The third-order valence-corrected chi connectivity index (χ3v) is 14.7. The number of allylic oxidation sites excluding steroid dienone is 1. The number of hydrogen-bond acceptors (Lipinski definition) is 12. The lowest BCUT2D eigenvalue weighted by atomic mass is 9.72. The number of amides is 1. The molecule has 69 heavy (non-hydrogen) atoms. The van der Waals surface area contributed by atoms with Crippen molar-refractivity contribution in [3.05, 3.63) is 117 Å². The van der Waals surface area contributed by atoms with E-state index in [0.717, 1.165) is 73.6 Å². The van der Waals surface area contributed by atoms with Crippen molar-refractivity contribution in [1.82, 2.24) is 24.5 Å². The summed E-state index contributed by atoms with van der Waals surface area (Å²) in [5, 5.41) is 16.0. The molecule has 4 heterocycles. The number of aromatic nitrogens is 2. The Kier molecular flexibility index (Phi) is 14.7. The van der Waals surface area contributed by atoms with Gasteiger partial charge in [-0.1, -0.05) is 32.4 Å². The van der Waals surface area contributed by atoms with Gasteiger partial charge in [-0.15, -0.1) is 0 Å². The zero-order chi connectivity index (χ0) is 49.1. The average Bonchev–Trinajstić information content (AvgIpc) is 3.79. The fourth-order valence-corrected chi connectivity index (χ4v) is 10.5. The second-order valence-electron chi connectivity index (χ2n) is 18.9. The van der Waals surface area contributed by atoms with Crippen LogP contribution in [0.1, 0.15) is 79.9 Å². The van der Waals surface area contributed by atoms with Crippen LogP contribution in [0.25, 0.3) is 16.6 Å². The summed E-state index contributed by atoms with van der Waals surface area (Å²) in [4.78, 5) is 39.3. The van der Waals surface area contributed by atoms with E-state index in [-0.39, 0.29) is 28.5 Å². The molecular weight excluding hydrogens is 914 g/mol. The fourth-order valence-electron chi connectivity index (χ4n) is 9.50.